The minimum atomic E-state index is -2.98. The maximum Gasteiger partial charge on any atom is 0.246 e. The van der Waals surface area contributed by atoms with E-state index in [1.54, 1.807) is 12.4 Å². The van der Waals surface area contributed by atoms with Gasteiger partial charge in [0.25, 0.3) is 0 Å². The average molecular weight is 446 g/mol. The minimum Gasteiger partial charge on any atom is -0.436 e. The van der Waals surface area contributed by atoms with Gasteiger partial charge >= 0.3 is 0 Å². The molecule has 158 valence electrons. The van der Waals surface area contributed by atoms with Gasteiger partial charge in [-0.05, 0) is 23.3 Å². The molecule has 0 atom stereocenters. The first-order chi connectivity index (χ1) is 16.2. The Labute approximate surface area is 190 Å². The molecule has 4 aromatic carbocycles. The monoisotopic (exact) mass is 446 g/mol. The SMILES string of the molecule is O=P(c1ccccc1)(c1ccccc1)c1ccc(-c2ccc3oc4nccnc4c3c2)cc1. The minimum absolute atomic E-state index is 0.534. The molecule has 6 rings (SSSR count). The van der Waals surface area contributed by atoms with E-state index in [2.05, 4.69) is 16.0 Å². The zero-order chi connectivity index (χ0) is 22.3. The summed E-state index contributed by atoms with van der Waals surface area (Å²) in [5, 5.41) is 3.39. The van der Waals surface area contributed by atoms with Gasteiger partial charge in [0.1, 0.15) is 11.1 Å². The Morgan fingerprint density at radius 1 is 0.606 bits per heavy atom. The van der Waals surface area contributed by atoms with E-state index in [4.69, 9.17) is 4.42 Å². The molecule has 0 aliphatic heterocycles. The Morgan fingerprint density at radius 3 is 1.85 bits per heavy atom. The molecule has 0 amide bonds. The predicted octanol–water partition coefficient (Wildman–Crippen LogP) is 5.68. The Hall–Kier alpha value is -4.01. The van der Waals surface area contributed by atoms with Crippen LogP contribution in [0, 0.1) is 0 Å². The number of benzene rings is 4. The van der Waals surface area contributed by atoms with E-state index in [0.717, 1.165) is 43.5 Å². The number of furan rings is 1. The van der Waals surface area contributed by atoms with Crippen molar-refractivity contribution < 1.29 is 8.98 Å². The number of hydrogen-bond acceptors (Lipinski definition) is 4. The van der Waals surface area contributed by atoms with Crippen LogP contribution >= 0.6 is 7.14 Å². The summed E-state index contributed by atoms with van der Waals surface area (Å²) in [5.41, 5.74) is 4.12. The van der Waals surface area contributed by atoms with Crippen molar-refractivity contribution in [1.29, 1.82) is 0 Å². The van der Waals surface area contributed by atoms with Crippen LogP contribution in [-0.2, 0) is 4.57 Å². The highest BCUT2D eigenvalue weighted by atomic mass is 31.2. The number of fused-ring (bicyclic) bond motifs is 3. The Kier molecular flexibility index (Phi) is 4.67. The van der Waals surface area contributed by atoms with Crippen molar-refractivity contribution in [3.8, 4) is 11.1 Å². The van der Waals surface area contributed by atoms with Crippen molar-refractivity contribution in [3.05, 3.63) is 116 Å². The molecular formula is C28H19N2O2P. The lowest BCUT2D eigenvalue weighted by Crippen LogP contribution is -2.24. The first-order valence-corrected chi connectivity index (χ1v) is 12.4. The van der Waals surface area contributed by atoms with Gasteiger partial charge in [-0.25, -0.2) is 9.97 Å². The van der Waals surface area contributed by atoms with Gasteiger partial charge in [0.2, 0.25) is 5.71 Å². The summed E-state index contributed by atoms with van der Waals surface area (Å²) < 4.78 is 20.3. The van der Waals surface area contributed by atoms with Crippen molar-refractivity contribution >= 4 is 45.3 Å². The molecule has 0 aliphatic rings. The van der Waals surface area contributed by atoms with Gasteiger partial charge in [-0.3, -0.25) is 0 Å². The number of aromatic nitrogens is 2. The fourth-order valence-electron chi connectivity index (χ4n) is 4.26. The molecule has 4 nitrogen and oxygen atoms in total. The summed E-state index contributed by atoms with van der Waals surface area (Å²) in [4.78, 5) is 8.68. The lowest BCUT2D eigenvalue weighted by Gasteiger charge is -2.20. The van der Waals surface area contributed by atoms with Crippen LogP contribution in [0.15, 0.2) is 120 Å². The van der Waals surface area contributed by atoms with Crippen LogP contribution < -0.4 is 15.9 Å². The molecule has 0 saturated heterocycles. The summed E-state index contributed by atoms with van der Waals surface area (Å²) >= 11 is 0. The predicted molar refractivity (Wildman–Crippen MR) is 134 cm³/mol. The fraction of sp³-hybridized carbons (Fsp3) is 0. The molecule has 33 heavy (non-hydrogen) atoms. The molecule has 0 radical (unpaired) electrons. The highest BCUT2D eigenvalue weighted by Gasteiger charge is 2.29. The van der Waals surface area contributed by atoms with Gasteiger partial charge in [-0.15, -0.1) is 0 Å². The van der Waals surface area contributed by atoms with Gasteiger partial charge < -0.3 is 8.98 Å². The van der Waals surface area contributed by atoms with E-state index < -0.39 is 7.14 Å². The van der Waals surface area contributed by atoms with Crippen molar-refractivity contribution in [3.63, 3.8) is 0 Å². The molecular weight excluding hydrogens is 427 g/mol. The first-order valence-electron chi connectivity index (χ1n) is 10.7. The fourth-order valence-corrected chi connectivity index (χ4v) is 6.91. The summed E-state index contributed by atoms with van der Waals surface area (Å²) in [6.45, 7) is 0. The van der Waals surface area contributed by atoms with Gasteiger partial charge in [-0.1, -0.05) is 91.0 Å². The molecule has 0 fully saturated rings. The Morgan fingerprint density at radius 2 is 1.18 bits per heavy atom. The topological polar surface area (TPSA) is 56.0 Å². The maximum absolute atomic E-state index is 14.5. The van der Waals surface area contributed by atoms with Gasteiger partial charge in [0.05, 0.1) is 0 Å². The van der Waals surface area contributed by atoms with Crippen molar-refractivity contribution in [2.75, 3.05) is 0 Å². The molecule has 2 heterocycles. The first kappa shape index (κ1) is 19.7. The van der Waals surface area contributed by atoms with E-state index in [1.165, 1.54) is 0 Å². The summed E-state index contributed by atoms with van der Waals surface area (Å²) in [6.07, 6.45) is 3.30. The lowest BCUT2D eigenvalue weighted by molar-refractivity contribution is 0.592. The normalized spacial score (nSPS) is 11.8. The number of nitrogens with zero attached hydrogens (tertiary/aromatic N) is 2. The molecule has 5 heteroatoms. The largest absolute Gasteiger partial charge is 0.436 e. The molecule has 0 spiro atoms. The quantitative estimate of drug-likeness (QED) is 0.327. The zero-order valence-corrected chi connectivity index (χ0v) is 18.5. The third-order valence-corrected chi connectivity index (χ3v) is 8.99. The van der Waals surface area contributed by atoms with Crippen molar-refractivity contribution in [2.45, 2.75) is 0 Å². The molecule has 0 saturated carbocycles. The van der Waals surface area contributed by atoms with E-state index >= 15 is 0 Å². The second-order valence-corrected chi connectivity index (χ2v) is 10.6. The third kappa shape index (κ3) is 3.27. The van der Waals surface area contributed by atoms with Crippen LogP contribution in [0.5, 0.6) is 0 Å². The highest BCUT2D eigenvalue weighted by molar-refractivity contribution is 7.85. The Bertz CT molecular complexity index is 1580. The summed E-state index contributed by atoms with van der Waals surface area (Å²) in [6, 6.07) is 33.5. The van der Waals surface area contributed by atoms with E-state index in [0.29, 0.717) is 5.71 Å². The lowest BCUT2D eigenvalue weighted by atomic mass is 10.0. The summed E-state index contributed by atoms with van der Waals surface area (Å²) in [5.74, 6) is 0. The second-order valence-electron chi connectivity index (χ2n) is 7.85. The van der Waals surface area contributed by atoms with Crippen molar-refractivity contribution in [1.82, 2.24) is 9.97 Å². The molecule has 6 aromatic rings. The zero-order valence-electron chi connectivity index (χ0n) is 17.6. The van der Waals surface area contributed by atoms with Crippen LogP contribution in [-0.4, -0.2) is 9.97 Å². The average Bonchev–Trinajstić information content (AvgIpc) is 3.27. The smallest absolute Gasteiger partial charge is 0.246 e. The number of rotatable bonds is 4. The standard InChI is InChI=1S/C28H19N2O2P/c31-33(22-7-3-1-4-8-22,23-9-5-2-6-10-23)24-14-11-20(12-15-24)21-13-16-26-25(19-21)27-28(32-26)30-18-17-29-27/h1-19H. The summed E-state index contributed by atoms with van der Waals surface area (Å²) in [7, 11) is -2.98. The molecule has 0 bridgehead atoms. The third-order valence-electron chi connectivity index (χ3n) is 5.91. The van der Waals surface area contributed by atoms with Crippen LogP contribution in [0.4, 0.5) is 0 Å². The van der Waals surface area contributed by atoms with E-state index in [-0.39, 0.29) is 0 Å². The second kappa shape index (κ2) is 7.84. The van der Waals surface area contributed by atoms with Gasteiger partial charge in [0.15, 0.2) is 7.14 Å². The van der Waals surface area contributed by atoms with Crippen LogP contribution in [0.25, 0.3) is 33.3 Å². The maximum atomic E-state index is 14.5. The van der Waals surface area contributed by atoms with E-state index in [9.17, 15) is 4.57 Å². The molecule has 0 aliphatic carbocycles. The van der Waals surface area contributed by atoms with Gasteiger partial charge in [0, 0.05) is 33.7 Å². The van der Waals surface area contributed by atoms with E-state index in [1.807, 2.05) is 97.1 Å². The van der Waals surface area contributed by atoms with Crippen LogP contribution in [0.1, 0.15) is 0 Å². The number of hydrogen-bond donors (Lipinski definition) is 0. The molecule has 2 aromatic heterocycles. The highest BCUT2D eigenvalue weighted by Crippen LogP contribution is 2.42. The van der Waals surface area contributed by atoms with Crippen LogP contribution in [0.3, 0.4) is 0 Å². The van der Waals surface area contributed by atoms with Crippen LogP contribution in [0.2, 0.25) is 0 Å². The molecule has 0 N–H and O–H groups in total. The van der Waals surface area contributed by atoms with Gasteiger partial charge in [-0.2, -0.15) is 0 Å². The molecule has 0 unspecified atom stereocenters. The van der Waals surface area contributed by atoms with Crippen molar-refractivity contribution in [2.24, 2.45) is 0 Å². The Balaban J connectivity index is 1.46.